The number of hydrogen-bond acceptors (Lipinski definition) is 5. The van der Waals surface area contributed by atoms with Crippen molar-refractivity contribution in [1.82, 2.24) is 10.2 Å². The number of benzene rings is 2. The Hall–Kier alpha value is -2.93. The van der Waals surface area contributed by atoms with Crippen LogP contribution in [0.1, 0.15) is 22.3 Å². The molecule has 2 N–H and O–H groups in total. The highest BCUT2D eigenvalue weighted by molar-refractivity contribution is 5.78. The van der Waals surface area contributed by atoms with Crippen LogP contribution in [-0.2, 0) is 17.9 Å². The first kappa shape index (κ1) is 19.4. The molecule has 0 fully saturated rings. The van der Waals surface area contributed by atoms with E-state index < -0.39 is 4.92 Å². The highest BCUT2D eigenvalue weighted by atomic mass is 16.6. The lowest BCUT2D eigenvalue weighted by Gasteiger charge is -2.18. The monoisotopic (exact) mass is 357 g/mol. The number of carbonyl (C=O) groups excluding carboxylic acids is 1. The highest BCUT2D eigenvalue weighted by Crippen LogP contribution is 2.22. The highest BCUT2D eigenvalue weighted by Gasteiger charge is 2.12. The summed E-state index contributed by atoms with van der Waals surface area (Å²) in [6.45, 7) is 4.94. The number of nitrogens with zero attached hydrogens (tertiary/aromatic N) is 2. The van der Waals surface area contributed by atoms with Gasteiger partial charge < -0.3 is 10.4 Å². The van der Waals surface area contributed by atoms with Gasteiger partial charge in [-0.25, -0.2) is 0 Å². The molecular formula is C19H23N3O4. The van der Waals surface area contributed by atoms with Crippen LogP contribution in [-0.4, -0.2) is 34.4 Å². The van der Waals surface area contributed by atoms with Crippen molar-refractivity contribution in [3.05, 3.63) is 68.8 Å². The standard InChI is InChI=1S/C19H23N3O4/c1-13-4-5-15(14(2)8-13)11-21(3)12-19(24)20-10-16-9-17(22(25)26)6-7-18(16)23/h4-9,23H,10-12H2,1-3H3,(H,20,24). The zero-order valence-electron chi connectivity index (χ0n) is 15.2. The van der Waals surface area contributed by atoms with Gasteiger partial charge in [0.15, 0.2) is 0 Å². The number of non-ortho nitro benzene ring substituents is 1. The first-order chi connectivity index (χ1) is 12.3. The lowest BCUT2D eigenvalue weighted by Crippen LogP contribution is -2.34. The number of carbonyl (C=O) groups is 1. The molecule has 7 nitrogen and oxygen atoms in total. The van der Waals surface area contributed by atoms with Crippen LogP contribution in [0.5, 0.6) is 5.75 Å². The van der Waals surface area contributed by atoms with E-state index in [-0.39, 0.29) is 30.4 Å². The smallest absolute Gasteiger partial charge is 0.270 e. The van der Waals surface area contributed by atoms with Crippen LogP contribution >= 0.6 is 0 Å². The fraction of sp³-hybridized carbons (Fsp3) is 0.316. The van der Waals surface area contributed by atoms with Gasteiger partial charge in [0.1, 0.15) is 5.75 Å². The molecule has 0 radical (unpaired) electrons. The van der Waals surface area contributed by atoms with Crippen molar-refractivity contribution >= 4 is 11.6 Å². The van der Waals surface area contributed by atoms with Crippen LogP contribution in [0.4, 0.5) is 5.69 Å². The predicted molar refractivity (Wildman–Crippen MR) is 98.9 cm³/mol. The summed E-state index contributed by atoms with van der Waals surface area (Å²) in [5.74, 6) is -0.303. The zero-order valence-corrected chi connectivity index (χ0v) is 15.2. The molecule has 0 aromatic heterocycles. The summed E-state index contributed by atoms with van der Waals surface area (Å²) in [6, 6.07) is 9.94. The molecule has 2 aromatic rings. The van der Waals surface area contributed by atoms with E-state index in [4.69, 9.17) is 0 Å². The molecule has 0 spiro atoms. The number of aromatic hydroxyl groups is 1. The Bertz CT molecular complexity index is 820. The second kappa shape index (κ2) is 8.44. The van der Waals surface area contributed by atoms with Gasteiger partial charge in [-0.15, -0.1) is 0 Å². The summed E-state index contributed by atoms with van der Waals surface area (Å²) in [7, 11) is 1.85. The van der Waals surface area contributed by atoms with E-state index >= 15 is 0 Å². The first-order valence-corrected chi connectivity index (χ1v) is 8.24. The molecule has 7 heteroatoms. The Morgan fingerprint density at radius 3 is 2.58 bits per heavy atom. The summed E-state index contributed by atoms with van der Waals surface area (Å²) >= 11 is 0. The molecule has 26 heavy (non-hydrogen) atoms. The van der Waals surface area contributed by atoms with Gasteiger partial charge in [0, 0.05) is 30.8 Å². The largest absolute Gasteiger partial charge is 0.508 e. The SMILES string of the molecule is Cc1ccc(CN(C)CC(=O)NCc2cc([N+](=O)[O-])ccc2O)c(C)c1. The second-order valence-electron chi connectivity index (χ2n) is 6.45. The number of nitro benzene ring substituents is 1. The van der Waals surface area contributed by atoms with E-state index in [0.717, 1.165) is 5.56 Å². The summed E-state index contributed by atoms with van der Waals surface area (Å²) in [5.41, 5.74) is 3.72. The van der Waals surface area contributed by atoms with Gasteiger partial charge in [-0.3, -0.25) is 19.8 Å². The van der Waals surface area contributed by atoms with E-state index in [0.29, 0.717) is 12.1 Å². The molecule has 0 saturated heterocycles. The van der Waals surface area contributed by atoms with Gasteiger partial charge in [-0.1, -0.05) is 23.8 Å². The van der Waals surface area contributed by atoms with Crippen molar-refractivity contribution in [3.8, 4) is 5.75 Å². The Morgan fingerprint density at radius 1 is 1.19 bits per heavy atom. The van der Waals surface area contributed by atoms with Crippen LogP contribution in [0, 0.1) is 24.0 Å². The van der Waals surface area contributed by atoms with Crippen LogP contribution in [0.3, 0.4) is 0 Å². The third-order valence-corrected chi connectivity index (χ3v) is 4.10. The molecule has 0 aliphatic heterocycles. The van der Waals surface area contributed by atoms with Crippen molar-refractivity contribution in [2.24, 2.45) is 0 Å². The topological polar surface area (TPSA) is 95.7 Å². The molecule has 0 aliphatic carbocycles. The lowest BCUT2D eigenvalue weighted by atomic mass is 10.1. The number of phenolic OH excluding ortho intramolecular Hbond substituents is 1. The van der Waals surface area contributed by atoms with Gasteiger partial charge >= 0.3 is 0 Å². The summed E-state index contributed by atoms with van der Waals surface area (Å²) in [4.78, 5) is 24.3. The van der Waals surface area contributed by atoms with E-state index in [1.807, 2.05) is 31.9 Å². The molecular weight excluding hydrogens is 334 g/mol. The van der Waals surface area contributed by atoms with E-state index in [1.54, 1.807) is 0 Å². The first-order valence-electron chi connectivity index (χ1n) is 8.24. The summed E-state index contributed by atoms with van der Waals surface area (Å²) in [6.07, 6.45) is 0. The number of rotatable bonds is 7. The predicted octanol–water partition coefficient (Wildman–Crippen LogP) is 2.67. The van der Waals surface area contributed by atoms with Crippen molar-refractivity contribution in [1.29, 1.82) is 0 Å². The molecule has 2 rings (SSSR count). The Balaban J connectivity index is 1.90. The number of likely N-dealkylation sites (N-methyl/N-ethyl adjacent to an activating group) is 1. The average molecular weight is 357 g/mol. The minimum atomic E-state index is -0.539. The fourth-order valence-electron chi connectivity index (χ4n) is 2.69. The summed E-state index contributed by atoms with van der Waals surface area (Å²) < 4.78 is 0. The zero-order chi connectivity index (χ0) is 19.3. The third-order valence-electron chi connectivity index (χ3n) is 4.10. The number of phenols is 1. The number of nitrogens with one attached hydrogen (secondary N) is 1. The average Bonchev–Trinajstić information content (AvgIpc) is 2.56. The Labute approximate surface area is 152 Å². The van der Waals surface area contributed by atoms with Crippen LogP contribution in [0.15, 0.2) is 36.4 Å². The number of amides is 1. The van der Waals surface area contributed by atoms with Crippen molar-refractivity contribution in [2.75, 3.05) is 13.6 Å². The molecule has 2 aromatic carbocycles. The van der Waals surface area contributed by atoms with Gasteiger partial charge in [-0.05, 0) is 38.1 Å². The molecule has 0 heterocycles. The fourth-order valence-corrected chi connectivity index (χ4v) is 2.69. The molecule has 0 unspecified atom stereocenters. The van der Waals surface area contributed by atoms with Crippen LogP contribution in [0.2, 0.25) is 0 Å². The van der Waals surface area contributed by atoms with Crippen molar-refractivity contribution in [3.63, 3.8) is 0 Å². The van der Waals surface area contributed by atoms with Gasteiger partial charge in [0.25, 0.3) is 5.69 Å². The lowest BCUT2D eigenvalue weighted by molar-refractivity contribution is -0.384. The van der Waals surface area contributed by atoms with Crippen molar-refractivity contribution < 1.29 is 14.8 Å². The molecule has 1 amide bonds. The Morgan fingerprint density at radius 2 is 1.92 bits per heavy atom. The Kier molecular flexibility index (Phi) is 6.30. The quantitative estimate of drug-likeness (QED) is 0.587. The van der Waals surface area contributed by atoms with Gasteiger partial charge in [0.05, 0.1) is 11.5 Å². The van der Waals surface area contributed by atoms with Gasteiger partial charge in [0.2, 0.25) is 5.91 Å². The van der Waals surface area contributed by atoms with Crippen LogP contribution < -0.4 is 5.32 Å². The second-order valence-corrected chi connectivity index (χ2v) is 6.45. The minimum absolute atomic E-state index is 0.0315. The van der Waals surface area contributed by atoms with E-state index in [1.165, 1.54) is 29.3 Å². The van der Waals surface area contributed by atoms with Crippen molar-refractivity contribution in [2.45, 2.75) is 26.9 Å². The summed E-state index contributed by atoms with van der Waals surface area (Å²) in [5, 5.41) is 23.3. The molecule has 138 valence electrons. The maximum atomic E-state index is 12.1. The number of aryl methyl sites for hydroxylation is 2. The maximum absolute atomic E-state index is 12.1. The normalized spacial score (nSPS) is 10.8. The van der Waals surface area contributed by atoms with E-state index in [9.17, 15) is 20.0 Å². The number of hydrogen-bond donors (Lipinski definition) is 2. The molecule has 0 saturated carbocycles. The van der Waals surface area contributed by atoms with Gasteiger partial charge in [-0.2, -0.15) is 0 Å². The number of nitro groups is 1. The molecule has 0 atom stereocenters. The third kappa shape index (κ3) is 5.29. The van der Waals surface area contributed by atoms with Crippen LogP contribution in [0.25, 0.3) is 0 Å². The molecule has 0 aliphatic rings. The van der Waals surface area contributed by atoms with E-state index in [2.05, 4.69) is 17.4 Å². The molecule has 0 bridgehead atoms. The maximum Gasteiger partial charge on any atom is 0.270 e. The minimum Gasteiger partial charge on any atom is -0.508 e.